The van der Waals surface area contributed by atoms with E-state index in [0.717, 1.165) is 16.7 Å². The van der Waals surface area contributed by atoms with Gasteiger partial charge in [-0.1, -0.05) is 71.3 Å². The lowest BCUT2D eigenvalue weighted by Gasteiger charge is -2.13. The fourth-order valence-corrected chi connectivity index (χ4v) is 7.24. The summed E-state index contributed by atoms with van der Waals surface area (Å²) in [5.74, 6) is 0.650. The van der Waals surface area contributed by atoms with E-state index in [1.54, 1.807) is 64.1 Å². The smallest absolute Gasteiger partial charge is 0.339 e. The summed E-state index contributed by atoms with van der Waals surface area (Å²) in [5.41, 5.74) is 5.94. The van der Waals surface area contributed by atoms with Crippen molar-refractivity contribution >= 4 is 20.2 Å². The Bertz CT molecular complexity index is 1630. The average Bonchev–Trinajstić information content (AvgIpc) is 2.79. The van der Waals surface area contributed by atoms with E-state index in [1.165, 1.54) is 0 Å². The Kier molecular flexibility index (Phi) is 9.25. The Morgan fingerprint density at radius 3 is 1.13 bits per heavy atom. The van der Waals surface area contributed by atoms with Gasteiger partial charge < -0.3 is 8.37 Å². The number of hydrogen-bond donors (Lipinski definition) is 0. The van der Waals surface area contributed by atoms with Gasteiger partial charge in [0.1, 0.15) is 21.3 Å². The van der Waals surface area contributed by atoms with E-state index in [9.17, 15) is 16.8 Å². The van der Waals surface area contributed by atoms with Gasteiger partial charge in [0.2, 0.25) is 0 Å². The van der Waals surface area contributed by atoms with Crippen molar-refractivity contribution in [2.24, 2.45) is 0 Å². The maximum atomic E-state index is 12.4. The molecule has 0 fully saturated rings. The molecule has 0 aliphatic rings. The Morgan fingerprint density at radius 2 is 0.769 bits per heavy atom. The molecule has 0 saturated heterocycles. The van der Waals surface area contributed by atoms with Crippen LogP contribution in [0.5, 0.6) is 11.5 Å². The highest BCUT2D eigenvalue weighted by Crippen LogP contribution is 2.27. The van der Waals surface area contributed by atoms with Gasteiger partial charge in [0.05, 0.1) is 0 Å². The molecule has 0 bridgehead atoms. The van der Waals surface area contributed by atoms with Crippen LogP contribution in [0.3, 0.4) is 0 Å². The van der Waals surface area contributed by atoms with E-state index in [4.69, 9.17) is 8.37 Å². The molecule has 4 rings (SSSR count). The summed E-state index contributed by atoms with van der Waals surface area (Å²) < 4.78 is 59.9. The molecule has 4 aromatic carbocycles. The maximum Gasteiger partial charge on any atom is 0.339 e. The van der Waals surface area contributed by atoms with Crippen LogP contribution in [0.2, 0.25) is 0 Å². The van der Waals surface area contributed by atoms with Crippen molar-refractivity contribution in [2.75, 3.05) is 0 Å². The highest BCUT2D eigenvalue weighted by Gasteiger charge is 2.23. The molecular weight excluding hydrogens is 532 g/mol. The molecular formula is C31H34O6S2. The van der Waals surface area contributed by atoms with Gasteiger partial charge in [-0.3, -0.25) is 0 Å². The lowest BCUT2D eigenvalue weighted by molar-refractivity contribution is 0.483. The number of aryl methyl sites for hydroxylation is 7. The molecule has 0 saturated carbocycles. The third-order valence-electron chi connectivity index (χ3n) is 5.89. The number of rotatable bonds is 6. The highest BCUT2D eigenvalue weighted by atomic mass is 32.2. The third kappa shape index (κ3) is 7.71. The molecule has 39 heavy (non-hydrogen) atoms. The molecule has 0 atom stereocenters. The number of hydrogen-bond acceptors (Lipinski definition) is 6. The zero-order valence-electron chi connectivity index (χ0n) is 23.3. The van der Waals surface area contributed by atoms with Crippen molar-refractivity contribution in [1.82, 2.24) is 0 Å². The second-order valence-corrected chi connectivity index (χ2v) is 12.6. The Balaban J connectivity index is 0.000000216. The van der Waals surface area contributed by atoms with E-state index in [0.29, 0.717) is 33.8 Å². The van der Waals surface area contributed by atoms with Crippen molar-refractivity contribution in [3.8, 4) is 11.5 Å². The van der Waals surface area contributed by atoms with Crippen LogP contribution in [-0.2, 0) is 20.2 Å². The molecule has 4 aromatic rings. The molecule has 0 spiro atoms. The van der Waals surface area contributed by atoms with Gasteiger partial charge in [0.25, 0.3) is 0 Å². The van der Waals surface area contributed by atoms with Crippen LogP contribution in [0.1, 0.15) is 38.9 Å². The van der Waals surface area contributed by atoms with Crippen LogP contribution in [0.4, 0.5) is 0 Å². The van der Waals surface area contributed by atoms with Crippen molar-refractivity contribution in [3.05, 3.63) is 118 Å². The van der Waals surface area contributed by atoms with Gasteiger partial charge in [0, 0.05) is 0 Å². The number of para-hydroxylation sites is 1. The lowest BCUT2D eigenvalue weighted by Crippen LogP contribution is -2.13. The average molecular weight is 567 g/mol. The van der Waals surface area contributed by atoms with Crippen LogP contribution in [0, 0.1) is 48.5 Å². The Labute approximate surface area is 232 Å². The predicted octanol–water partition coefficient (Wildman–Crippen LogP) is 7.07. The van der Waals surface area contributed by atoms with Crippen molar-refractivity contribution in [2.45, 2.75) is 58.3 Å². The minimum Gasteiger partial charge on any atom is -0.379 e. The van der Waals surface area contributed by atoms with Gasteiger partial charge in [-0.2, -0.15) is 16.8 Å². The molecule has 0 radical (unpaired) electrons. The number of benzene rings is 4. The fraction of sp³-hybridized carbons (Fsp3) is 0.226. The summed E-state index contributed by atoms with van der Waals surface area (Å²) in [5, 5.41) is 0. The molecule has 0 N–H and O–H groups in total. The first-order chi connectivity index (χ1) is 18.2. The monoisotopic (exact) mass is 566 g/mol. The van der Waals surface area contributed by atoms with Crippen LogP contribution < -0.4 is 8.37 Å². The van der Waals surface area contributed by atoms with Crippen LogP contribution >= 0.6 is 0 Å². The molecule has 0 aliphatic carbocycles. The minimum absolute atomic E-state index is 0.252. The molecule has 206 valence electrons. The quantitative estimate of drug-likeness (QED) is 0.232. The summed E-state index contributed by atoms with van der Waals surface area (Å²) in [4.78, 5) is 0.505. The molecule has 0 unspecified atom stereocenters. The van der Waals surface area contributed by atoms with E-state index >= 15 is 0 Å². The largest absolute Gasteiger partial charge is 0.379 e. The van der Waals surface area contributed by atoms with Crippen molar-refractivity contribution in [1.29, 1.82) is 0 Å². The summed E-state index contributed by atoms with van der Waals surface area (Å²) >= 11 is 0. The molecule has 6 nitrogen and oxygen atoms in total. The maximum absolute atomic E-state index is 12.4. The highest BCUT2D eigenvalue weighted by molar-refractivity contribution is 7.87. The Hall–Kier alpha value is -3.62. The third-order valence-corrected chi connectivity index (χ3v) is 9.00. The fourth-order valence-electron chi connectivity index (χ4n) is 4.53. The van der Waals surface area contributed by atoms with Gasteiger partial charge in [0.15, 0.2) is 0 Å². The summed E-state index contributed by atoms with van der Waals surface area (Å²) in [6.07, 6.45) is 0. The van der Waals surface area contributed by atoms with Crippen LogP contribution in [0.15, 0.2) is 88.7 Å². The second-order valence-electron chi connectivity index (χ2n) is 9.66. The van der Waals surface area contributed by atoms with Crippen LogP contribution in [0.25, 0.3) is 0 Å². The zero-order chi connectivity index (χ0) is 29.0. The van der Waals surface area contributed by atoms with Crippen molar-refractivity contribution < 1.29 is 25.2 Å². The topological polar surface area (TPSA) is 86.7 Å². The van der Waals surface area contributed by atoms with Gasteiger partial charge in [-0.15, -0.1) is 0 Å². The van der Waals surface area contributed by atoms with E-state index in [-0.39, 0.29) is 9.79 Å². The first kappa shape index (κ1) is 29.9. The molecule has 8 heteroatoms. The van der Waals surface area contributed by atoms with Gasteiger partial charge >= 0.3 is 20.2 Å². The minimum atomic E-state index is -3.80. The Morgan fingerprint density at radius 1 is 0.436 bits per heavy atom. The molecule has 0 amide bonds. The van der Waals surface area contributed by atoms with Gasteiger partial charge in [-0.25, -0.2) is 0 Å². The second kappa shape index (κ2) is 12.1. The summed E-state index contributed by atoms with van der Waals surface area (Å²) in [7, 11) is -7.60. The summed E-state index contributed by atoms with van der Waals surface area (Å²) in [6.45, 7) is 12.9. The first-order valence-electron chi connectivity index (χ1n) is 12.4. The molecule has 0 aromatic heterocycles. The van der Waals surface area contributed by atoms with Crippen molar-refractivity contribution in [3.63, 3.8) is 0 Å². The molecule has 0 heterocycles. The van der Waals surface area contributed by atoms with E-state index in [2.05, 4.69) is 0 Å². The van der Waals surface area contributed by atoms with E-state index < -0.39 is 20.2 Å². The lowest BCUT2D eigenvalue weighted by atomic mass is 10.1. The van der Waals surface area contributed by atoms with Crippen LogP contribution in [-0.4, -0.2) is 16.8 Å². The van der Waals surface area contributed by atoms with Gasteiger partial charge in [-0.05, 0) is 95.0 Å². The molecule has 0 aliphatic heterocycles. The SMILES string of the molecule is Cc1cc(C)c(S(=O)(=O)Oc2ccccc2)c(C)c1.Cc1ccc(OS(=O)(=O)c2c(C)cc(C)cc2C)cc1. The zero-order valence-corrected chi connectivity index (χ0v) is 24.9. The standard InChI is InChI=1S/C16H18O3S.C15H16O3S/c1-11-5-7-15(8-6-11)19-20(17,18)16-13(3)9-12(2)10-14(16)4;1-11-9-12(2)15(13(3)10-11)19(16,17)18-14-7-5-4-6-8-14/h5-10H,1-4H3;4-10H,1-3H3. The normalized spacial score (nSPS) is 11.4. The summed E-state index contributed by atoms with van der Waals surface area (Å²) in [6, 6.07) is 22.9. The first-order valence-corrected chi connectivity index (χ1v) is 15.2. The predicted molar refractivity (Wildman–Crippen MR) is 155 cm³/mol. The van der Waals surface area contributed by atoms with E-state index in [1.807, 2.05) is 63.2 Å².